The molecule has 3 aromatic rings. The monoisotopic (exact) mass is 360 g/mol. The van der Waals surface area contributed by atoms with Crippen molar-refractivity contribution in [2.75, 3.05) is 18.5 Å². The van der Waals surface area contributed by atoms with Gasteiger partial charge in [0.2, 0.25) is 0 Å². The summed E-state index contributed by atoms with van der Waals surface area (Å²) >= 11 is 1.34. The first-order valence-electron chi connectivity index (χ1n) is 7.90. The molecule has 0 bridgehead atoms. The van der Waals surface area contributed by atoms with Crippen LogP contribution in [0.15, 0.2) is 23.3 Å². The third-order valence-corrected chi connectivity index (χ3v) is 4.78. The van der Waals surface area contributed by atoms with E-state index in [2.05, 4.69) is 15.4 Å². The fraction of sp³-hybridized carbons (Fsp3) is 0.375. The number of aryl methyl sites for hydroxylation is 2. The van der Waals surface area contributed by atoms with Gasteiger partial charge < -0.3 is 10.2 Å². The number of nitrogens with one attached hydrogen (secondary N) is 1. The van der Waals surface area contributed by atoms with Crippen LogP contribution in [0.3, 0.4) is 0 Å². The number of fused-ring (bicyclic) bond motifs is 1. The lowest BCUT2D eigenvalue weighted by Crippen LogP contribution is -2.28. The van der Waals surface area contributed by atoms with Gasteiger partial charge in [-0.25, -0.2) is 9.38 Å². The minimum absolute atomic E-state index is 0.245. The SMILES string of the molecule is CCNC(=O)c1c(C)sc2nc(CN(C)c3cnn(C)c3)cc(=O)n12. The zero-order valence-electron chi connectivity index (χ0n) is 14.6. The number of thiazole rings is 1. The van der Waals surface area contributed by atoms with E-state index in [0.29, 0.717) is 29.4 Å². The summed E-state index contributed by atoms with van der Waals surface area (Å²) in [5, 5.41) is 6.89. The van der Waals surface area contributed by atoms with Crippen molar-refractivity contribution in [2.24, 2.45) is 7.05 Å². The van der Waals surface area contributed by atoms with Gasteiger partial charge >= 0.3 is 0 Å². The molecule has 0 aliphatic heterocycles. The Kier molecular flexibility index (Phi) is 4.58. The van der Waals surface area contributed by atoms with Gasteiger partial charge in [0.05, 0.1) is 24.1 Å². The van der Waals surface area contributed by atoms with E-state index in [9.17, 15) is 9.59 Å². The quantitative estimate of drug-likeness (QED) is 0.739. The first-order chi connectivity index (χ1) is 11.9. The van der Waals surface area contributed by atoms with Gasteiger partial charge in [0.25, 0.3) is 11.5 Å². The molecular weight excluding hydrogens is 340 g/mol. The van der Waals surface area contributed by atoms with Gasteiger partial charge in [0.15, 0.2) is 4.96 Å². The van der Waals surface area contributed by atoms with Crippen molar-refractivity contribution in [1.29, 1.82) is 0 Å². The maximum Gasteiger partial charge on any atom is 0.269 e. The highest BCUT2D eigenvalue weighted by molar-refractivity contribution is 7.17. The first kappa shape index (κ1) is 17.2. The number of hydrogen-bond acceptors (Lipinski definition) is 6. The number of anilines is 1. The van der Waals surface area contributed by atoms with Crippen LogP contribution < -0.4 is 15.8 Å². The van der Waals surface area contributed by atoms with E-state index in [1.807, 2.05) is 39.0 Å². The van der Waals surface area contributed by atoms with Gasteiger partial charge in [-0.3, -0.25) is 14.3 Å². The number of carbonyl (C=O) groups is 1. The Morgan fingerprint density at radius 2 is 2.20 bits per heavy atom. The number of amides is 1. The van der Waals surface area contributed by atoms with Crippen LogP contribution in [0.5, 0.6) is 0 Å². The van der Waals surface area contributed by atoms with Crippen LogP contribution in [0, 0.1) is 6.92 Å². The summed E-state index contributed by atoms with van der Waals surface area (Å²) in [6.07, 6.45) is 3.65. The number of rotatable bonds is 5. The molecule has 3 rings (SSSR count). The summed E-state index contributed by atoms with van der Waals surface area (Å²) in [6.45, 7) is 4.65. The standard InChI is InChI=1S/C16H20N6O2S/c1-5-17-15(24)14-10(2)25-16-19-11(6-13(23)22(14)16)8-20(3)12-7-18-21(4)9-12/h6-7,9H,5,8H2,1-4H3,(H,17,24). The van der Waals surface area contributed by atoms with Gasteiger partial charge in [0, 0.05) is 37.8 Å². The van der Waals surface area contributed by atoms with Gasteiger partial charge in [-0.15, -0.1) is 11.3 Å². The van der Waals surface area contributed by atoms with Crippen molar-refractivity contribution in [3.63, 3.8) is 0 Å². The van der Waals surface area contributed by atoms with Crippen LogP contribution in [-0.2, 0) is 13.6 Å². The summed E-state index contributed by atoms with van der Waals surface area (Å²) in [5.74, 6) is -0.254. The van der Waals surface area contributed by atoms with Crippen LogP contribution in [0.1, 0.15) is 28.0 Å². The van der Waals surface area contributed by atoms with E-state index in [4.69, 9.17) is 0 Å². The average Bonchev–Trinajstić information content (AvgIpc) is 3.10. The fourth-order valence-electron chi connectivity index (χ4n) is 2.65. The predicted molar refractivity (Wildman–Crippen MR) is 97.4 cm³/mol. The Morgan fingerprint density at radius 3 is 2.84 bits per heavy atom. The van der Waals surface area contributed by atoms with Crippen molar-refractivity contribution in [3.8, 4) is 0 Å². The van der Waals surface area contributed by atoms with Gasteiger partial charge in [-0.1, -0.05) is 0 Å². The minimum atomic E-state index is -0.254. The summed E-state index contributed by atoms with van der Waals surface area (Å²) in [4.78, 5) is 32.6. The van der Waals surface area contributed by atoms with Crippen molar-refractivity contribution in [2.45, 2.75) is 20.4 Å². The third kappa shape index (κ3) is 3.27. The molecule has 1 amide bonds. The second-order valence-electron chi connectivity index (χ2n) is 5.80. The molecule has 0 fully saturated rings. The van der Waals surface area contributed by atoms with E-state index in [0.717, 1.165) is 10.6 Å². The topological polar surface area (TPSA) is 84.5 Å². The Balaban J connectivity index is 1.97. The lowest BCUT2D eigenvalue weighted by Gasteiger charge is -2.16. The molecule has 0 saturated carbocycles. The van der Waals surface area contributed by atoms with Crippen molar-refractivity contribution < 1.29 is 4.79 Å². The van der Waals surface area contributed by atoms with E-state index in [1.165, 1.54) is 21.8 Å². The molecule has 0 radical (unpaired) electrons. The Bertz CT molecular complexity index is 986. The molecule has 132 valence electrons. The highest BCUT2D eigenvalue weighted by atomic mass is 32.1. The molecule has 0 aliphatic rings. The smallest absolute Gasteiger partial charge is 0.269 e. The predicted octanol–water partition coefficient (Wildman–Crippen LogP) is 1.18. The molecule has 3 aromatic heterocycles. The molecule has 0 spiro atoms. The van der Waals surface area contributed by atoms with E-state index in [1.54, 1.807) is 10.9 Å². The molecule has 3 heterocycles. The van der Waals surface area contributed by atoms with Crippen molar-refractivity contribution >= 4 is 27.9 Å². The minimum Gasteiger partial charge on any atom is -0.366 e. The van der Waals surface area contributed by atoms with E-state index in [-0.39, 0.29) is 11.5 Å². The number of hydrogen-bond donors (Lipinski definition) is 1. The Morgan fingerprint density at radius 1 is 1.44 bits per heavy atom. The van der Waals surface area contributed by atoms with Crippen molar-refractivity contribution in [3.05, 3.63) is 45.1 Å². The Labute approximate surface area is 148 Å². The maximum atomic E-state index is 12.6. The fourth-order valence-corrected chi connectivity index (χ4v) is 3.64. The van der Waals surface area contributed by atoms with Crippen LogP contribution in [0.25, 0.3) is 4.96 Å². The second-order valence-corrected chi connectivity index (χ2v) is 6.98. The number of carbonyl (C=O) groups excluding carboxylic acids is 1. The zero-order valence-corrected chi connectivity index (χ0v) is 15.4. The molecule has 25 heavy (non-hydrogen) atoms. The van der Waals surface area contributed by atoms with Crippen LogP contribution in [0.2, 0.25) is 0 Å². The van der Waals surface area contributed by atoms with E-state index < -0.39 is 0 Å². The first-order valence-corrected chi connectivity index (χ1v) is 8.72. The average molecular weight is 360 g/mol. The lowest BCUT2D eigenvalue weighted by molar-refractivity contribution is 0.0949. The number of nitrogens with zero attached hydrogens (tertiary/aromatic N) is 5. The highest BCUT2D eigenvalue weighted by Gasteiger charge is 2.19. The Hall–Kier alpha value is -2.68. The summed E-state index contributed by atoms with van der Waals surface area (Å²) < 4.78 is 3.11. The molecule has 0 atom stereocenters. The molecule has 0 aromatic carbocycles. The maximum absolute atomic E-state index is 12.6. The molecule has 0 unspecified atom stereocenters. The summed E-state index contributed by atoms with van der Waals surface area (Å²) in [5.41, 5.74) is 1.71. The van der Waals surface area contributed by atoms with Gasteiger partial charge in [0.1, 0.15) is 5.69 Å². The lowest BCUT2D eigenvalue weighted by atomic mass is 10.3. The molecule has 0 aliphatic carbocycles. The normalized spacial score (nSPS) is 11.0. The van der Waals surface area contributed by atoms with Crippen LogP contribution >= 0.6 is 11.3 Å². The highest BCUT2D eigenvalue weighted by Crippen LogP contribution is 2.20. The molecule has 9 heteroatoms. The largest absolute Gasteiger partial charge is 0.366 e. The number of aromatic nitrogens is 4. The van der Waals surface area contributed by atoms with E-state index >= 15 is 0 Å². The van der Waals surface area contributed by atoms with Crippen LogP contribution in [-0.4, -0.2) is 38.7 Å². The molecule has 0 saturated heterocycles. The van der Waals surface area contributed by atoms with Crippen LogP contribution in [0.4, 0.5) is 5.69 Å². The van der Waals surface area contributed by atoms with Crippen molar-refractivity contribution in [1.82, 2.24) is 24.5 Å². The molecule has 8 nitrogen and oxygen atoms in total. The summed E-state index contributed by atoms with van der Waals surface area (Å²) in [6, 6.07) is 1.48. The molecular formula is C16H20N6O2S. The summed E-state index contributed by atoms with van der Waals surface area (Å²) in [7, 11) is 3.77. The zero-order chi connectivity index (χ0) is 18.1. The second kappa shape index (κ2) is 6.67. The van der Waals surface area contributed by atoms with Gasteiger partial charge in [-0.05, 0) is 13.8 Å². The third-order valence-electron chi connectivity index (χ3n) is 3.83. The molecule has 1 N–H and O–H groups in total. The van der Waals surface area contributed by atoms with Gasteiger partial charge in [-0.2, -0.15) is 5.10 Å².